The number of fused-ring (bicyclic) bond motifs is 1. The van der Waals surface area contributed by atoms with Crippen molar-refractivity contribution in [1.82, 2.24) is 19.8 Å². The summed E-state index contributed by atoms with van der Waals surface area (Å²) in [7, 11) is 3.30. The van der Waals surface area contributed by atoms with Crippen molar-refractivity contribution >= 4 is 22.8 Å². The Labute approximate surface area is 198 Å². The van der Waals surface area contributed by atoms with E-state index in [1.165, 1.54) is 19.2 Å². The number of carbonyl (C=O) groups is 2. The van der Waals surface area contributed by atoms with Crippen LogP contribution in [0.1, 0.15) is 28.8 Å². The first-order chi connectivity index (χ1) is 16.5. The number of halogens is 1. The third kappa shape index (κ3) is 5.39. The number of aromatic nitrogens is 2. The fourth-order valence-corrected chi connectivity index (χ4v) is 4.66. The monoisotopic (exact) mass is 464 g/mol. The van der Waals surface area contributed by atoms with Crippen LogP contribution in [0, 0.1) is 11.7 Å². The van der Waals surface area contributed by atoms with E-state index in [4.69, 9.17) is 4.74 Å². The fourth-order valence-electron chi connectivity index (χ4n) is 4.66. The summed E-state index contributed by atoms with van der Waals surface area (Å²) in [5.74, 6) is -0.187. The van der Waals surface area contributed by atoms with Crippen LogP contribution in [0.25, 0.3) is 11.0 Å². The Morgan fingerprint density at radius 1 is 1.09 bits per heavy atom. The molecule has 0 radical (unpaired) electrons. The van der Waals surface area contributed by atoms with Gasteiger partial charge in [0.25, 0.3) is 5.91 Å². The summed E-state index contributed by atoms with van der Waals surface area (Å²) in [4.78, 5) is 37.9. The number of ether oxygens (including phenoxy) is 1. The van der Waals surface area contributed by atoms with Gasteiger partial charge in [0.05, 0.1) is 11.0 Å². The third-order valence-corrected chi connectivity index (χ3v) is 6.60. The number of nitrogens with zero attached hydrogens (tertiary/aromatic N) is 4. The van der Waals surface area contributed by atoms with Crippen LogP contribution in [0.4, 0.5) is 4.39 Å². The normalized spacial score (nSPS) is 15.3. The van der Waals surface area contributed by atoms with Gasteiger partial charge >= 0.3 is 0 Å². The summed E-state index contributed by atoms with van der Waals surface area (Å²) in [6, 6.07) is 11.7. The van der Waals surface area contributed by atoms with Crippen LogP contribution in [-0.4, -0.2) is 71.5 Å². The zero-order valence-corrected chi connectivity index (χ0v) is 19.5. The highest BCUT2D eigenvalue weighted by Gasteiger charge is 2.33. The van der Waals surface area contributed by atoms with Crippen LogP contribution >= 0.6 is 0 Å². The Balaban J connectivity index is 1.46. The molecule has 0 N–H and O–H groups in total. The van der Waals surface area contributed by atoms with Gasteiger partial charge in [0, 0.05) is 51.2 Å². The van der Waals surface area contributed by atoms with E-state index in [1.807, 2.05) is 11.0 Å². The second-order valence-corrected chi connectivity index (χ2v) is 8.73. The Morgan fingerprint density at radius 2 is 1.76 bits per heavy atom. The average Bonchev–Trinajstić information content (AvgIpc) is 2.87. The number of piperidine rings is 1. The zero-order valence-electron chi connectivity index (χ0n) is 19.5. The molecule has 8 heteroatoms. The van der Waals surface area contributed by atoms with Crippen molar-refractivity contribution in [1.29, 1.82) is 0 Å². The fraction of sp³-hybridized carbons (Fsp3) is 0.385. The minimum atomic E-state index is -0.282. The summed E-state index contributed by atoms with van der Waals surface area (Å²) < 4.78 is 18.4. The Bertz CT molecular complexity index is 1150. The van der Waals surface area contributed by atoms with Gasteiger partial charge in [0.2, 0.25) is 5.91 Å². The number of amides is 2. The van der Waals surface area contributed by atoms with Gasteiger partial charge in [-0.1, -0.05) is 12.1 Å². The molecule has 2 aromatic carbocycles. The molecule has 1 saturated heterocycles. The van der Waals surface area contributed by atoms with Gasteiger partial charge in [-0.2, -0.15) is 0 Å². The molecule has 1 atom stereocenters. The van der Waals surface area contributed by atoms with Gasteiger partial charge in [-0.25, -0.2) is 4.39 Å². The highest BCUT2D eigenvalue weighted by atomic mass is 19.1. The van der Waals surface area contributed by atoms with E-state index < -0.39 is 0 Å². The molecular weight excluding hydrogens is 435 g/mol. The summed E-state index contributed by atoms with van der Waals surface area (Å²) >= 11 is 0. The highest BCUT2D eigenvalue weighted by molar-refractivity contribution is 5.97. The largest absolute Gasteiger partial charge is 0.375 e. The number of rotatable bonds is 7. The van der Waals surface area contributed by atoms with Crippen molar-refractivity contribution in [3.63, 3.8) is 0 Å². The Morgan fingerprint density at radius 3 is 2.44 bits per heavy atom. The lowest BCUT2D eigenvalue weighted by Crippen LogP contribution is -2.49. The molecule has 1 aromatic heterocycles. The van der Waals surface area contributed by atoms with E-state index in [0.29, 0.717) is 30.6 Å². The molecule has 3 aromatic rings. The SMILES string of the molecule is COCC(=O)N(C)[C@H](Cc1ccc(F)cc1)C1CCN(C(=O)c2ccc3nccnc3c2)CC1. The molecule has 2 amide bonds. The van der Waals surface area contributed by atoms with Gasteiger partial charge in [-0.3, -0.25) is 19.6 Å². The van der Waals surface area contributed by atoms with E-state index in [9.17, 15) is 14.0 Å². The van der Waals surface area contributed by atoms with Gasteiger partial charge < -0.3 is 14.5 Å². The molecule has 7 nitrogen and oxygen atoms in total. The summed E-state index contributed by atoms with van der Waals surface area (Å²) in [6.07, 6.45) is 5.41. The van der Waals surface area contributed by atoms with E-state index in [0.717, 1.165) is 23.9 Å². The standard InChI is InChI=1S/C26H29FN4O3/c1-30(25(32)17-34-2)24(15-18-3-6-21(27)7-4-18)19-9-13-31(14-10-19)26(33)20-5-8-22-23(16-20)29-12-11-28-22/h3-8,11-12,16,19,24H,9-10,13-15,17H2,1-2H3/t24-/m1/s1. The number of hydrogen-bond donors (Lipinski definition) is 0. The topological polar surface area (TPSA) is 75.6 Å². The van der Waals surface area contributed by atoms with Crippen molar-refractivity contribution in [2.24, 2.45) is 5.92 Å². The van der Waals surface area contributed by atoms with E-state index >= 15 is 0 Å². The minimum absolute atomic E-state index is 0.0125. The predicted octanol–water partition coefficient (Wildman–Crippen LogP) is 3.34. The number of carbonyl (C=O) groups excluding carboxylic acids is 2. The smallest absolute Gasteiger partial charge is 0.253 e. The van der Waals surface area contributed by atoms with Gasteiger partial charge in [0.15, 0.2) is 0 Å². The average molecular weight is 465 g/mol. The van der Waals surface area contributed by atoms with Crippen molar-refractivity contribution in [3.8, 4) is 0 Å². The zero-order chi connectivity index (χ0) is 24.1. The van der Waals surface area contributed by atoms with Crippen LogP contribution in [-0.2, 0) is 16.0 Å². The molecule has 2 heterocycles. The Kier molecular flexibility index (Phi) is 7.47. The first kappa shape index (κ1) is 23.8. The van der Waals surface area contributed by atoms with Crippen molar-refractivity contribution in [2.75, 3.05) is 33.9 Å². The van der Waals surface area contributed by atoms with Gasteiger partial charge in [0.1, 0.15) is 12.4 Å². The number of likely N-dealkylation sites (N-methyl/N-ethyl adjacent to an activating group) is 1. The van der Waals surface area contributed by atoms with E-state index in [-0.39, 0.29) is 36.2 Å². The maximum atomic E-state index is 13.4. The first-order valence-corrected chi connectivity index (χ1v) is 11.5. The number of benzene rings is 2. The lowest BCUT2D eigenvalue weighted by Gasteiger charge is -2.40. The molecule has 0 saturated carbocycles. The van der Waals surface area contributed by atoms with Crippen molar-refractivity contribution in [3.05, 3.63) is 71.8 Å². The summed E-state index contributed by atoms with van der Waals surface area (Å²) in [6.45, 7) is 1.22. The van der Waals surface area contributed by atoms with Crippen LogP contribution < -0.4 is 0 Å². The van der Waals surface area contributed by atoms with E-state index in [1.54, 1.807) is 48.6 Å². The molecule has 34 heavy (non-hydrogen) atoms. The molecule has 0 aliphatic carbocycles. The summed E-state index contributed by atoms with van der Waals surface area (Å²) in [5.41, 5.74) is 3.02. The van der Waals surface area contributed by atoms with Gasteiger partial charge in [-0.15, -0.1) is 0 Å². The first-order valence-electron chi connectivity index (χ1n) is 11.5. The molecule has 0 unspecified atom stereocenters. The third-order valence-electron chi connectivity index (χ3n) is 6.60. The Hall–Kier alpha value is -3.39. The lowest BCUT2D eigenvalue weighted by atomic mass is 9.84. The molecule has 0 spiro atoms. The maximum Gasteiger partial charge on any atom is 0.253 e. The second kappa shape index (κ2) is 10.7. The molecular formula is C26H29FN4O3. The van der Waals surface area contributed by atoms with Crippen LogP contribution in [0.2, 0.25) is 0 Å². The molecule has 4 rings (SSSR count). The summed E-state index contributed by atoms with van der Waals surface area (Å²) in [5, 5.41) is 0. The molecule has 1 aliphatic heterocycles. The molecule has 178 valence electrons. The van der Waals surface area contributed by atoms with Gasteiger partial charge in [-0.05, 0) is 61.1 Å². The van der Waals surface area contributed by atoms with E-state index in [2.05, 4.69) is 9.97 Å². The van der Waals surface area contributed by atoms with Crippen molar-refractivity contribution < 1.29 is 18.7 Å². The van der Waals surface area contributed by atoms with Crippen molar-refractivity contribution in [2.45, 2.75) is 25.3 Å². The maximum absolute atomic E-state index is 13.4. The number of methoxy groups -OCH3 is 1. The number of hydrogen-bond acceptors (Lipinski definition) is 5. The minimum Gasteiger partial charge on any atom is -0.375 e. The van der Waals surface area contributed by atoms with Crippen LogP contribution in [0.15, 0.2) is 54.9 Å². The quantitative estimate of drug-likeness (QED) is 0.536. The second-order valence-electron chi connectivity index (χ2n) is 8.73. The predicted molar refractivity (Wildman–Crippen MR) is 127 cm³/mol. The molecule has 1 fully saturated rings. The number of likely N-dealkylation sites (tertiary alicyclic amines) is 1. The highest BCUT2D eigenvalue weighted by Crippen LogP contribution is 2.28. The van der Waals surface area contributed by atoms with Crippen LogP contribution in [0.3, 0.4) is 0 Å². The van der Waals surface area contributed by atoms with Crippen LogP contribution in [0.5, 0.6) is 0 Å². The molecule has 1 aliphatic rings. The lowest BCUT2D eigenvalue weighted by molar-refractivity contribution is -0.137. The molecule has 0 bridgehead atoms.